The maximum absolute atomic E-state index is 13.8. The molecular formula is C37H45NO3S. The monoisotopic (exact) mass is 583 g/mol. The summed E-state index contributed by atoms with van der Waals surface area (Å²) in [6.45, 7) is 15.5. The Bertz CT molecular complexity index is 1530. The lowest BCUT2D eigenvalue weighted by molar-refractivity contribution is 0.0807. The molecule has 5 heteroatoms. The Morgan fingerprint density at radius 2 is 1.50 bits per heavy atom. The third kappa shape index (κ3) is 6.95. The number of aromatic hydroxyl groups is 1. The van der Waals surface area contributed by atoms with Crippen LogP contribution < -0.4 is 10.1 Å². The van der Waals surface area contributed by atoms with Crippen molar-refractivity contribution in [2.24, 2.45) is 0 Å². The summed E-state index contributed by atoms with van der Waals surface area (Å²) in [4.78, 5) is 15.8. The quantitative estimate of drug-likeness (QED) is 0.163. The molecule has 0 aliphatic heterocycles. The van der Waals surface area contributed by atoms with Crippen molar-refractivity contribution in [2.75, 3.05) is 0 Å². The van der Waals surface area contributed by atoms with Gasteiger partial charge in [-0.1, -0.05) is 121 Å². The van der Waals surface area contributed by atoms with Gasteiger partial charge >= 0.3 is 0 Å². The second-order valence-electron chi connectivity index (χ2n) is 12.3. The summed E-state index contributed by atoms with van der Waals surface area (Å²) in [6, 6.07) is 26.0. The van der Waals surface area contributed by atoms with Gasteiger partial charge in [-0.05, 0) is 58.9 Å². The van der Waals surface area contributed by atoms with Crippen molar-refractivity contribution in [3.63, 3.8) is 0 Å². The average Bonchev–Trinajstić information content (AvgIpc) is 2.99. The molecule has 4 aromatic carbocycles. The van der Waals surface area contributed by atoms with E-state index in [1.165, 1.54) is 5.56 Å². The van der Waals surface area contributed by atoms with E-state index in [0.717, 1.165) is 45.8 Å². The van der Waals surface area contributed by atoms with Crippen LogP contribution in [0.3, 0.4) is 0 Å². The summed E-state index contributed by atoms with van der Waals surface area (Å²) in [5, 5.41) is 15.9. The predicted octanol–water partition coefficient (Wildman–Crippen LogP) is 10.0. The maximum atomic E-state index is 13.8. The van der Waals surface area contributed by atoms with E-state index in [2.05, 4.69) is 72.0 Å². The highest BCUT2D eigenvalue weighted by atomic mass is 32.2. The van der Waals surface area contributed by atoms with Crippen LogP contribution in [-0.4, -0.2) is 17.2 Å². The summed E-state index contributed by atoms with van der Waals surface area (Å²) < 4.78 is 6.60. The minimum absolute atomic E-state index is 0.0188. The second kappa shape index (κ2) is 13.2. The zero-order valence-corrected chi connectivity index (χ0v) is 26.9. The van der Waals surface area contributed by atoms with E-state index in [4.69, 9.17) is 4.74 Å². The first kappa shape index (κ1) is 31.5. The van der Waals surface area contributed by atoms with E-state index < -0.39 is 6.23 Å². The number of fused-ring (bicyclic) bond motifs is 1. The van der Waals surface area contributed by atoms with Crippen molar-refractivity contribution in [2.45, 2.75) is 101 Å². The zero-order chi connectivity index (χ0) is 30.5. The Hall–Kier alpha value is -3.44. The molecule has 0 bridgehead atoms. The molecule has 4 rings (SSSR count). The molecule has 0 radical (unpaired) electrons. The summed E-state index contributed by atoms with van der Waals surface area (Å²) in [7, 11) is 0. The smallest absolute Gasteiger partial charge is 0.257 e. The molecule has 1 unspecified atom stereocenters. The van der Waals surface area contributed by atoms with Gasteiger partial charge in [0.2, 0.25) is 0 Å². The molecule has 0 aliphatic carbocycles. The van der Waals surface area contributed by atoms with E-state index in [0.29, 0.717) is 11.8 Å². The molecule has 1 amide bonds. The molecular weight excluding hydrogens is 538 g/mol. The topological polar surface area (TPSA) is 58.6 Å². The van der Waals surface area contributed by atoms with Crippen molar-refractivity contribution in [3.8, 4) is 11.5 Å². The summed E-state index contributed by atoms with van der Waals surface area (Å²) in [6.07, 6.45) is 2.91. The van der Waals surface area contributed by atoms with E-state index >= 15 is 0 Å². The molecule has 2 N–H and O–H groups in total. The normalized spacial score (nSPS) is 12.7. The van der Waals surface area contributed by atoms with Crippen LogP contribution in [0.2, 0.25) is 0 Å². The maximum Gasteiger partial charge on any atom is 0.257 e. The van der Waals surface area contributed by atoms with Gasteiger partial charge in [0, 0.05) is 27.2 Å². The molecule has 222 valence electrons. The first-order valence-corrected chi connectivity index (χ1v) is 15.9. The number of amides is 1. The van der Waals surface area contributed by atoms with Gasteiger partial charge in [0.05, 0.1) is 5.56 Å². The molecule has 4 nitrogen and oxygen atoms in total. The lowest BCUT2D eigenvalue weighted by atomic mass is 9.76. The Balaban J connectivity index is 1.69. The molecule has 0 heterocycles. The Morgan fingerprint density at radius 1 is 0.857 bits per heavy atom. The van der Waals surface area contributed by atoms with E-state index in [-0.39, 0.29) is 28.1 Å². The van der Waals surface area contributed by atoms with Crippen molar-refractivity contribution < 1.29 is 14.6 Å². The highest BCUT2D eigenvalue weighted by molar-refractivity contribution is 7.99. The van der Waals surface area contributed by atoms with Crippen LogP contribution in [0.4, 0.5) is 0 Å². The summed E-state index contributed by atoms with van der Waals surface area (Å²) in [5.74, 6) is 0.417. The SMILES string of the molecule is CCCC(NC(=O)c1cc(Sc2ccccc2)c2ccccc2c1O)Oc1ccc(C(C)(C)CC)cc1C(C)(C)CC. The highest BCUT2D eigenvalue weighted by Gasteiger charge is 2.28. The number of nitrogens with one attached hydrogen (secondary N) is 1. The van der Waals surface area contributed by atoms with Gasteiger partial charge in [-0.2, -0.15) is 0 Å². The standard InChI is InChI=1S/C37H45NO3S/c1-8-16-33(41-31-22-21-25(36(4,5)9-2)23-30(31)37(6,7)10-3)38-35(40)29-24-32(42-26-17-12-11-13-18-26)27-19-14-15-20-28(27)34(29)39/h11-15,17-24,33,39H,8-10,16H2,1-7H3,(H,38,40). The zero-order valence-electron chi connectivity index (χ0n) is 26.1. The number of ether oxygens (including phenoxy) is 1. The highest BCUT2D eigenvalue weighted by Crippen LogP contribution is 2.41. The van der Waals surface area contributed by atoms with Crippen molar-refractivity contribution in [3.05, 3.63) is 95.6 Å². The molecule has 42 heavy (non-hydrogen) atoms. The van der Waals surface area contributed by atoms with Crippen LogP contribution in [0.15, 0.2) is 88.7 Å². The molecule has 0 aromatic heterocycles. The van der Waals surface area contributed by atoms with Gasteiger partial charge in [0.25, 0.3) is 5.91 Å². The van der Waals surface area contributed by atoms with Crippen LogP contribution >= 0.6 is 11.8 Å². The number of phenols is 1. The van der Waals surface area contributed by atoms with E-state index in [1.807, 2.05) is 54.6 Å². The van der Waals surface area contributed by atoms with Crippen LogP contribution in [-0.2, 0) is 10.8 Å². The van der Waals surface area contributed by atoms with Gasteiger partial charge in [0.1, 0.15) is 11.5 Å². The second-order valence-corrected chi connectivity index (χ2v) is 13.4. The lowest BCUT2D eigenvalue weighted by Crippen LogP contribution is -2.39. The number of hydrogen-bond acceptors (Lipinski definition) is 4. The van der Waals surface area contributed by atoms with E-state index in [9.17, 15) is 9.90 Å². The predicted molar refractivity (Wildman–Crippen MR) is 176 cm³/mol. The molecule has 4 aromatic rings. The first-order valence-electron chi connectivity index (χ1n) is 15.1. The van der Waals surface area contributed by atoms with Crippen LogP contribution in [0.25, 0.3) is 10.8 Å². The van der Waals surface area contributed by atoms with Crippen molar-refractivity contribution in [1.82, 2.24) is 5.32 Å². The molecule has 0 spiro atoms. The fourth-order valence-corrected chi connectivity index (χ4v) is 5.99. The van der Waals surface area contributed by atoms with Crippen LogP contribution in [0.1, 0.15) is 95.6 Å². The Morgan fingerprint density at radius 3 is 2.14 bits per heavy atom. The van der Waals surface area contributed by atoms with E-state index in [1.54, 1.807) is 17.8 Å². The van der Waals surface area contributed by atoms with Gasteiger partial charge in [-0.25, -0.2) is 0 Å². The van der Waals surface area contributed by atoms with Gasteiger partial charge in [-0.15, -0.1) is 0 Å². The molecule has 0 saturated heterocycles. The van der Waals surface area contributed by atoms with Crippen LogP contribution in [0, 0.1) is 0 Å². The third-order valence-electron chi connectivity index (χ3n) is 8.56. The largest absolute Gasteiger partial charge is 0.506 e. The number of carbonyl (C=O) groups excluding carboxylic acids is 1. The molecule has 0 fully saturated rings. The van der Waals surface area contributed by atoms with Gasteiger partial charge in [0.15, 0.2) is 6.23 Å². The van der Waals surface area contributed by atoms with Crippen molar-refractivity contribution >= 4 is 28.4 Å². The van der Waals surface area contributed by atoms with Crippen molar-refractivity contribution in [1.29, 1.82) is 0 Å². The third-order valence-corrected chi connectivity index (χ3v) is 9.63. The first-order chi connectivity index (χ1) is 20.0. The fraction of sp³-hybridized carbons (Fsp3) is 0.378. The lowest BCUT2D eigenvalue weighted by Gasteiger charge is -2.32. The number of phenolic OH excluding ortho intramolecular Hbond substituents is 1. The van der Waals surface area contributed by atoms with Crippen LogP contribution in [0.5, 0.6) is 11.5 Å². The minimum atomic E-state index is -0.546. The molecule has 0 saturated carbocycles. The average molecular weight is 584 g/mol. The number of rotatable bonds is 12. The molecule has 1 atom stereocenters. The Labute approximate surface area is 255 Å². The minimum Gasteiger partial charge on any atom is -0.506 e. The number of carbonyl (C=O) groups is 1. The van der Waals surface area contributed by atoms with Gasteiger partial charge < -0.3 is 15.2 Å². The van der Waals surface area contributed by atoms with Gasteiger partial charge in [-0.3, -0.25) is 4.79 Å². The number of hydrogen-bond donors (Lipinski definition) is 2. The fourth-order valence-electron chi connectivity index (χ4n) is 4.98. The summed E-state index contributed by atoms with van der Waals surface area (Å²) >= 11 is 1.58. The molecule has 0 aliphatic rings. The Kier molecular flexibility index (Phi) is 9.93. The number of benzene rings is 4. The summed E-state index contributed by atoms with van der Waals surface area (Å²) in [5.41, 5.74) is 2.63.